The molecule has 0 bridgehead atoms. The first kappa shape index (κ1) is 14.6. The zero-order valence-corrected chi connectivity index (χ0v) is 13.3. The summed E-state index contributed by atoms with van der Waals surface area (Å²) in [5, 5.41) is 0. The molecule has 1 aliphatic heterocycles. The fourth-order valence-corrected chi connectivity index (χ4v) is 4.67. The van der Waals surface area contributed by atoms with E-state index in [1.165, 1.54) is 13.3 Å². The van der Waals surface area contributed by atoms with Gasteiger partial charge < -0.3 is 9.47 Å². The molecule has 5 atom stereocenters. The number of rotatable bonds is 1. The Balaban J connectivity index is 2.08. The van der Waals surface area contributed by atoms with Crippen molar-refractivity contribution < 1.29 is 19.1 Å². The van der Waals surface area contributed by atoms with Crippen LogP contribution in [0, 0.1) is 17.3 Å². The number of fused-ring (bicyclic) bond motifs is 2. The third-order valence-electron chi connectivity index (χ3n) is 6.10. The molecule has 0 aromatic rings. The van der Waals surface area contributed by atoms with E-state index in [2.05, 4.69) is 13.8 Å². The topological polar surface area (TPSA) is 52.6 Å². The molecule has 21 heavy (non-hydrogen) atoms. The van der Waals surface area contributed by atoms with E-state index >= 15 is 0 Å². The lowest BCUT2D eigenvalue weighted by molar-refractivity contribution is -0.167. The van der Waals surface area contributed by atoms with Gasteiger partial charge in [0.1, 0.15) is 12.2 Å². The zero-order chi connectivity index (χ0) is 15.4. The molecule has 0 N–H and O–H groups in total. The Morgan fingerprint density at radius 1 is 1.38 bits per heavy atom. The van der Waals surface area contributed by atoms with Gasteiger partial charge in [-0.1, -0.05) is 26.7 Å². The summed E-state index contributed by atoms with van der Waals surface area (Å²) in [4.78, 5) is 23.6. The van der Waals surface area contributed by atoms with Crippen molar-refractivity contribution in [3.8, 4) is 0 Å². The van der Waals surface area contributed by atoms with Crippen LogP contribution in [0.5, 0.6) is 0 Å². The summed E-state index contributed by atoms with van der Waals surface area (Å²) in [5.74, 6) is 0.385. The van der Waals surface area contributed by atoms with Crippen LogP contribution in [0.4, 0.5) is 0 Å². The van der Waals surface area contributed by atoms with Gasteiger partial charge in [-0.25, -0.2) is 4.79 Å². The van der Waals surface area contributed by atoms with Crippen LogP contribution in [0.25, 0.3) is 0 Å². The monoisotopic (exact) mass is 292 g/mol. The van der Waals surface area contributed by atoms with E-state index in [-0.39, 0.29) is 29.6 Å². The molecule has 4 heteroatoms. The second-order valence-corrected chi connectivity index (χ2v) is 7.09. The minimum Gasteiger partial charge on any atom is -0.457 e. The molecule has 0 aromatic heterocycles. The molecule has 2 fully saturated rings. The maximum atomic E-state index is 11.9. The summed E-state index contributed by atoms with van der Waals surface area (Å²) in [7, 11) is 0. The fourth-order valence-electron chi connectivity index (χ4n) is 4.67. The van der Waals surface area contributed by atoms with Crippen LogP contribution in [0.3, 0.4) is 0 Å². The Morgan fingerprint density at radius 3 is 2.76 bits per heavy atom. The molecule has 0 radical (unpaired) electrons. The summed E-state index contributed by atoms with van der Waals surface area (Å²) in [5.41, 5.74) is 1.47. The lowest BCUT2D eigenvalue weighted by Crippen LogP contribution is -2.55. The number of esters is 2. The standard InChI is InChI=1S/C17H24O4/c1-9-6-5-7-12-8-13-14(10(2)16(19)21-13)15(17(9,12)4)20-11(3)18/h9,12-13,15H,5-8H2,1-4H3. The van der Waals surface area contributed by atoms with Gasteiger partial charge in [0.05, 0.1) is 0 Å². The molecule has 5 unspecified atom stereocenters. The Morgan fingerprint density at radius 2 is 2.10 bits per heavy atom. The minimum atomic E-state index is -0.319. The molecular weight excluding hydrogens is 268 g/mol. The molecule has 0 saturated heterocycles. The maximum absolute atomic E-state index is 11.9. The highest BCUT2D eigenvalue weighted by atomic mass is 16.6. The molecule has 0 aromatic carbocycles. The molecule has 0 amide bonds. The molecule has 3 rings (SSSR count). The van der Waals surface area contributed by atoms with Crippen molar-refractivity contribution in [3.05, 3.63) is 11.1 Å². The highest BCUT2D eigenvalue weighted by Crippen LogP contribution is 2.57. The van der Waals surface area contributed by atoms with Crippen molar-refractivity contribution in [2.45, 2.75) is 65.6 Å². The molecular formula is C17H24O4. The van der Waals surface area contributed by atoms with Crippen LogP contribution in [0.2, 0.25) is 0 Å². The zero-order valence-electron chi connectivity index (χ0n) is 13.3. The summed E-state index contributed by atoms with van der Waals surface area (Å²) < 4.78 is 11.3. The largest absolute Gasteiger partial charge is 0.457 e. The van der Waals surface area contributed by atoms with Crippen molar-refractivity contribution in [1.29, 1.82) is 0 Å². The predicted molar refractivity (Wildman–Crippen MR) is 77.4 cm³/mol. The number of hydrogen-bond acceptors (Lipinski definition) is 4. The van der Waals surface area contributed by atoms with Gasteiger partial charge in [0.15, 0.2) is 0 Å². The van der Waals surface area contributed by atoms with Gasteiger partial charge in [0.25, 0.3) is 0 Å². The van der Waals surface area contributed by atoms with Gasteiger partial charge in [0, 0.05) is 23.5 Å². The summed E-state index contributed by atoms with van der Waals surface area (Å²) in [6.45, 7) is 7.72. The van der Waals surface area contributed by atoms with E-state index in [0.717, 1.165) is 24.8 Å². The molecule has 3 aliphatic rings. The second kappa shape index (κ2) is 4.85. The summed E-state index contributed by atoms with van der Waals surface area (Å²) >= 11 is 0. The van der Waals surface area contributed by atoms with Crippen molar-refractivity contribution >= 4 is 11.9 Å². The van der Waals surface area contributed by atoms with Gasteiger partial charge >= 0.3 is 11.9 Å². The Bertz CT molecular complexity index is 521. The second-order valence-electron chi connectivity index (χ2n) is 7.09. The van der Waals surface area contributed by atoms with Gasteiger partial charge in [-0.05, 0) is 31.6 Å². The van der Waals surface area contributed by atoms with E-state index < -0.39 is 0 Å². The SMILES string of the molecule is CC(=O)OC1C2=C(C)C(=O)OC2CC2CCCC(C)C21C. The van der Waals surface area contributed by atoms with Crippen molar-refractivity contribution in [2.24, 2.45) is 17.3 Å². The molecule has 0 spiro atoms. The molecule has 4 nitrogen and oxygen atoms in total. The highest BCUT2D eigenvalue weighted by molar-refractivity contribution is 5.92. The molecule has 116 valence electrons. The lowest BCUT2D eigenvalue weighted by Gasteiger charge is -2.54. The number of carbonyl (C=O) groups excluding carboxylic acids is 2. The molecule has 2 saturated carbocycles. The van der Waals surface area contributed by atoms with Gasteiger partial charge in [0.2, 0.25) is 0 Å². The predicted octanol–water partition coefficient (Wildman–Crippen LogP) is 3.01. The third kappa shape index (κ3) is 2.02. The maximum Gasteiger partial charge on any atom is 0.334 e. The first-order valence-electron chi connectivity index (χ1n) is 7.94. The first-order chi connectivity index (χ1) is 9.85. The Hall–Kier alpha value is -1.32. The van der Waals surface area contributed by atoms with Crippen molar-refractivity contribution in [2.75, 3.05) is 0 Å². The van der Waals surface area contributed by atoms with Gasteiger partial charge in [-0.3, -0.25) is 4.79 Å². The lowest BCUT2D eigenvalue weighted by atomic mass is 9.53. The average Bonchev–Trinajstić information content (AvgIpc) is 2.68. The molecule has 1 heterocycles. The highest BCUT2D eigenvalue weighted by Gasteiger charge is 2.58. The van der Waals surface area contributed by atoms with Crippen LogP contribution in [-0.2, 0) is 19.1 Å². The van der Waals surface area contributed by atoms with Crippen LogP contribution in [0.15, 0.2) is 11.1 Å². The van der Waals surface area contributed by atoms with Gasteiger partial charge in [-0.2, -0.15) is 0 Å². The van der Waals surface area contributed by atoms with Crippen LogP contribution < -0.4 is 0 Å². The Kier molecular flexibility index (Phi) is 3.38. The normalized spacial score (nSPS) is 42.2. The first-order valence-corrected chi connectivity index (χ1v) is 7.94. The fraction of sp³-hybridized carbons (Fsp3) is 0.765. The van der Waals surface area contributed by atoms with E-state index in [1.807, 2.05) is 0 Å². The number of hydrogen-bond donors (Lipinski definition) is 0. The minimum absolute atomic E-state index is 0.0923. The Labute approximate surface area is 125 Å². The van der Waals surface area contributed by atoms with Crippen LogP contribution >= 0.6 is 0 Å². The van der Waals surface area contributed by atoms with Crippen LogP contribution in [0.1, 0.15) is 53.4 Å². The third-order valence-corrected chi connectivity index (χ3v) is 6.10. The van der Waals surface area contributed by atoms with E-state index in [1.54, 1.807) is 6.92 Å². The smallest absolute Gasteiger partial charge is 0.334 e. The van der Waals surface area contributed by atoms with Gasteiger partial charge in [-0.15, -0.1) is 0 Å². The number of ether oxygens (including phenoxy) is 2. The van der Waals surface area contributed by atoms with Crippen molar-refractivity contribution in [1.82, 2.24) is 0 Å². The molecule has 2 aliphatic carbocycles. The summed E-state index contributed by atoms with van der Waals surface area (Å²) in [6, 6.07) is 0. The van der Waals surface area contributed by atoms with Crippen molar-refractivity contribution in [3.63, 3.8) is 0 Å². The van der Waals surface area contributed by atoms with E-state index in [4.69, 9.17) is 9.47 Å². The van der Waals surface area contributed by atoms with E-state index in [9.17, 15) is 9.59 Å². The van der Waals surface area contributed by atoms with Crippen LogP contribution in [-0.4, -0.2) is 24.1 Å². The summed E-state index contributed by atoms with van der Waals surface area (Å²) in [6.07, 6.45) is 3.84. The quantitative estimate of drug-likeness (QED) is 0.697. The number of carbonyl (C=O) groups is 2. The average molecular weight is 292 g/mol. The van der Waals surface area contributed by atoms with E-state index in [0.29, 0.717) is 17.4 Å².